The van der Waals surface area contributed by atoms with Gasteiger partial charge in [0.05, 0.1) is 0 Å². The number of guanidine groups is 1. The molecule has 0 heterocycles. The topological polar surface area (TPSA) is 50.4 Å². The molecule has 0 aliphatic carbocycles. The van der Waals surface area contributed by atoms with Gasteiger partial charge in [0.2, 0.25) is 0 Å². The predicted molar refractivity (Wildman–Crippen MR) is 63.4 cm³/mol. The Kier molecular flexibility index (Phi) is 4.95. The Hall–Kier alpha value is -0.730. The van der Waals surface area contributed by atoms with Crippen LogP contribution in [0.4, 0.5) is 0 Å². The minimum Gasteiger partial charge on any atom is -0.370 e. The summed E-state index contributed by atoms with van der Waals surface area (Å²) >= 11 is 0. The van der Waals surface area contributed by atoms with Gasteiger partial charge in [-0.3, -0.25) is 4.99 Å². The second-order valence-corrected chi connectivity index (χ2v) is 5.14. The monoisotopic (exact) mass is 199 g/mol. The first-order valence-electron chi connectivity index (χ1n) is 5.32. The Balaban J connectivity index is 4.14. The van der Waals surface area contributed by atoms with E-state index in [0.29, 0.717) is 17.9 Å². The molecular formula is C11H25N3. The van der Waals surface area contributed by atoms with E-state index in [1.54, 1.807) is 0 Å². The van der Waals surface area contributed by atoms with Crippen LogP contribution in [-0.2, 0) is 0 Å². The van der Waals surface area contributed by atoms with Crippen molar-refractivity contribution in [2.75, 3.05) is 6.54 Å². The number of hydrogen-bond acceptors (Lipinski definition) is 1. The molecular weight excluding hydrogens is 174 g/mol. The SMILES string of the molecule is CC(C)NC(N)=NCC(C)(C)C(C)C. The largest absolute Gasteiger partial charge is 0.370 e. The van der Waals surface area contributed by atoms with Crippen molar-refractivity contribution in [2.45, 2.75) is 47.6 Å². The first kappa shape index (κ1) is 13.3. The molecule has 0 saturated carbocycles. The van der Waals surface area contributed by atoms with Crippen LogP contribution in [-0.4, -0.2) is 18.5 Å². The van der Waals surface area contributed by atoms with Crippen molar-refractivity contribution in [1.82, 2.24) is 5.32 Å². The summed E-state index contributed by atoms with van der Waals surface area (Å²) in [6.45, 7) is 13.7. The molecule has 0 aliphatic rings. The highest BCUT2D eigenvalue weighted by atomic mass is 15.1. The molecule has 3 heteroatoms. The predicted octanol–water partition coefficient (Wildman–Crippen LogP) is 1.98. The van der Waals surface area contributed by atoms with Crippen LogP contribution in [0.25, 0.3) is 0 Å². The molecule has 0 aromatic heterocycles. The molecule has 0 fully saturated rings. The Bertz CT molecular complexity index is 193. The lowest BCUT2D eigenvalue weighted by molar-refractivity contribution is 0.261. The highest BCUT2D eigenvalue weighted by Gasteiger charge is 2.21. The quantitative estimate of drug-likeness (QED) is 0.537. The second kappa shape index (κ2) is 5.23. The molecule has 3 N–H and O–H groups in total. The minimum absolute atomic E-state index is 0.212. The van der Waals surface area contributed by atoms with Gasteiger partial charge in [0, 0.05) is 12.6 Å². The van der Waals surface area contributed by atoms with Gasteiger partial charge in [0.15, 0.2) is 5.96 Å². The Labute approximate surface area is 88.2 Å². The molecule has 0 atom stereocenters. The minimum atomic E-state index is 0.212. The van der Waals surface area contributed by atoms with Crippen molar-refractivity contribution in [1.29, 1.82) is 0 Å². The smallest absolute Gasteiger partial charge is 0.188 e. The lowest BCUT2D eigenvalue weighted by Gasteiger charge is -2.27. The number of aliphatic imine (C=N–C) groups is 1. The van der Waals surface area contributed by atoms with Gasteiger partial charge in [-0.2, -0.15) is 0 Å². The van der Waals surface area contributed by atoms with Gasteiger partial charge in [0.1, 0.15) is 0 Å². The number of hydrogen-bond donors (Lipinski definition) is 2. The van der Waals surface area contributed by atoms with E-state index in [1.165, 1.54) is 0 Å². The second-order valence-electron chi connectivity index (χ2n) is 5.14. The fourth-order valence-electron chi connectivity index (χ4n) is 0.813. The van der Waals surface area contributed by atoms with Gasteiger partial charge in [-0.25, -0.2) is 0 Å². The molecule has 3 nitrogen and oxygen atoms in total. The third kappa shape index (κ3) is 5.10. The van der Waals surface area contributed by atoms with Crippen LogP contribution >= 0.6 is 0 Å². The number of rotatable bonds is 4. The summed E-state index contributed by atoms with van der Waals surface area (Å²) < 4.78 is 0. The average molecular weight is 199 g/mol. The van der Waals surface area contributed by atoms with E-state index in [9.17, 15) is 0 Å². The fraction of sp³-hybridized carbons (Fsp3) is 0.909. The standard InChI is InChI=1S/C11H25N3/c1-8(2)11(5,6)7-13-10(12)14-9(3)4/h8-9H,7H2,1-6H3,(H3,12,13,14). The van der Waals surface area contributed by atoms with Crippen molar-refractivity contribution in [3.8, 4) is 0 Å². The lowest BCUT2D eigenvalue weighted by atomic mass is 9.81. The lowest BCUT2D eigenvalue weighted by Crippen LogP contribution is -2.38. The summed E-state index contributed by atoms with van der Waals surface area (Å²) in [7, 11) is 0. The van der Waals surface area contributed by atoms with Crippen molar-refractivity contribution in [2.24, 2.45) is 22.1 Å². The maximum Gasteiger partial charge on any atom is 0.188 e. The van der Waals surface area contributed by atoms with Gasteiger partial charge >= 0.3 is 0 Å². The zero-order valence-electron chi connectivity index (χ0n) is 10.4. The van der Waals surface area contributed by atoms with E-state index in [0.717, 1.165) is 6.54 Å². The van der Waals surface area contributed by atoms with Crippen molar-refractivity contribution >= 4 is 5.96 Å². The third-order valence-electron chi connectivity index (χ3n) is 2.66. The van der Waals surface area contributed by atoms with Crippen LogP contribution in [0.1, 0.15) is 41.5 Å². The Morgan fingerprint density at radius 3 is 2.14 bits per heavy atom. The summed E-state index contributed by atoms with van der Waals surface area (Å²) in [4.78, 5) is 4.34. The molecule has 0 bridgehead atoms. The normalized spacial score (nSPS) is 13.9. The molecule has 0 saturated heterocycles. The van der Waals surface area contributed by atoms with E-state index in [4.69, 9.17) is 5.73 Å². The average Bonchev–Trinajstić information content (AvgIpc) is 1.99. The number of nitrogens with zero attached hydrogens (tertiary/aromatic N) is 1. The molecule has 0 radical (unpaired) electrons. The molecule has 0 aromatic carbocycles. The number of nitrogens with two attached hydrogens (primary N) is 1. The molecule has 84 valence electrons. The molecule has 0 spiro atoms. The molecule has 14 heavy (non-hydrogen) atoms. The van der Waals surface area contributed by atoms with Crippen LogP contribution < -0.4 is 11.1 Å². The van der Waals surface area contributed by atoms with Crippen LogP contribution in [0.2, 0.25) is 0 Å². The maximum absolute atomic E-state index is 5.72. The van der Waals surface area contributed by atoms with E-state index in [-0.39, 0.29) is 5.41 Å². The van der Waals surface area contributed by atoms with Crippen molar-refractivity contribution in [3.05, 3.63) is 0 Å². The van der Waals surface area contributed by atoms with Crippen molar-refractivity contribution < 1.29 is 0 Å². The summed E-state index contributed by atoms with van der Waals surface area (Å²) in [5, 5.41) is 3.08. The van der Waals surface area contributed by atoms with Crippen LogP contribution in [0.3, 0.4) is 0 Å². The summed E-state index contributed by atoms with van der Waals surface area (Å²) in [6.07, 6.45) is 0. The maximum atomic E-state index is 5.72. The van der Waals surface area contributed by atoms with Gasteiger partial charge in [-0.1, -0.05) is 27.7 Å². The van der Waals surface area contributed by atoms with E-state index in [2.05, 4.69) is 51.9 Å². The molecule has 0 aromatic rings. The van der Waals surface area contributed by atoms with Crippen LogP contribution in [0.5, 0.6) is 0 Å². The van der Waals surface area contributed by atoms with Gasteiger partial charge < -0.3 is 11.1 Å². The molecule has 0 aliphatic heterocycles. The summed E-state index contributed by atoms with van der Waals surface area (Å²) in [5.41, 5.74) is 5.93. The highest BCUT2D eigenvalue weighted by Crippen LogP contribution is 2.25. The third-order valence-corrected chi connectivity index (χ3v) is 2.66. The zero-order valence-corrected chi connectivity index (χ0v) is 10.4. The molecule has 0 unspecified atom stereocenters. The summed E-state index contributed by atoms with van der Waals surface area (Å²) in [5.74, 6) is 1.16. The van der Waals surface area contributed by atoms with Gasteiger partial charge in [0.25, 0.3) is 0 Å². The van der Waals surface area contributed by atoms with Gasteiger partial charge in [-0.15, -0.1) is 0 Å². The number of nitrogens with one attached hydrogen (secondary N) is 1. The van der Waals surface area contributed by atoms with Gasteiger partial charge in [-0.05, 0) is 25.2 Å². The zero-order chi connectivity index (χ0) is 11.4. The van der Waals surface area contributed by atoms with Crippen LogP contribution in [0, 0.1) is 11.3 Å². The van der Waals surface area contributed by atoms with E-state index >= 15 is 0 Å². The molecule has 0 amide bonds. The fourth-order valence-corrected chi connectivity index (χ4v) is 0.813. The van der Waals surface area contributed by atoms with E-state index in [1.807, 2.05) is 0 Å². The van der Waals surface area contributed by atoms with Crippen LogP contribution in [0.15, 0.2) is 4.99 Å². The Morgan fingerprint density at radius 1 is 1.29 bits per heavy atom. The highest BCUT2D eigenvalue weighted by molar-refractivity contribution is 5.78. The Morgan fingerprint density at radius 2 is 1.79 bits per heavy atom. The van der Waals surface area contributed by atoms with Crippen molar-refractivity contribution in [3.63, 3.8) is 0 Å². The summed E-state index contributed by atoms with van der Waals surface area (Å²) in [6, 6.07) is 0.348. The molecule has 0 rings (SSSR count). The first-order chi connectivity index (χ1) is 6.25. The first-order valence-corrected chi connectivity index (χ1v) is 5.32. The van der Waals surface area contributed by atoms with E-state index < -0.39 is 0 Å².